The monoisotopic (exact) mass is 383 g/mol. The summed E-state index contributed by atoms with van der Waals surface area (Å²) in [4.78, 5) is 24.0. The Hall–Kier alpha value is -1.80. The summed E-state index contributed by atoms with van der Waals surface area (Å²) in [6.07, 6.45) is 0.589. The van der Waals surface area contributed by atoms with Crippen molar-refractivity contribution in [2.24, 2.45) is 0 Å². The molecular weight excluding hydrogens is 370 g/mol. The molecule has 0 unspecified atom stereocenters. The van der Waals surface area contributed by atoms with Gasteiger partial charge in [-0.2, -0.15) is 0 Å². The first kappa shape index (κ1) is 16.6. The molecular formula is C14H14BrN3O3S. The van der Waals surface area contributed by atoms with Gasteiger partial charge in [0.1, 0.15) is 0 Å². The number of hydrogen-bond donors (Lipinski definition) is 1. The molecule has 0 aliphatic carbocycles. The summed E-state index contributed by atoms with van der Waals surface area (Å²) in [6, 6.07) is 5.43. The Morgan fingerprint density at radius 1 is 1.41 bits per heavy atom. The van der Waals surface area contributed by atoms with Crippen LogP contribution in [0.1, 0.15) is 27.9 Å². The molecule has 0 aliphatic rings. The number of aryl methyl sites for hydroxylation is 2. The highest BCUT2D eigenvalue weighted by atomic mass is 79.9. The van der Waals surface area contributed by atoms with Gasteiger partial charge in [0.2, 0.25) is 0 Å². The minimum Gasteiger partial charge on any atom is -0.451 e. The highest BCUT2D eigenvalue weighted by Crippen LogP contribution is 2.20. The van der Waals surface area contributed by atoms with E-state index in [9.17, 15) is 9.59 Å². The van der Waals surface area contributed by atoms with Crippen LogP contribution in [0.5, 0.6) is 0 Å². The van der Waals surface area contributed by atoms with Crippen LogP contribution < -0.4 is 5.32 Å². The van der Waals surface area contributed by atoms with E-state index >= 15 is 0 Å². The van der Waals surface area contributed by atoms with E-state index < -0.39 is 11.9 Å². The molecule has 2 rings (SSSR count). The quantitative estimate of drug-likeness (QED) is 0.802. The number of benzene rings is 1. The second kappa shape index (κ2) is 7.46. The lowest BCUT2D eigenvalue weighted by atomic mass is 10.2. The lowest BCUT2D eigenvalue weighted by Gasteiger charge is -2.07. The number of carbonyl (C=O) groups excluding carboxylic acids is 2. The number of anilines is 1. The smallest absolute Gasteiger partial charge is 0.352 e. The molecule has 1 aromatic heterocycles. The number of amides is 1. The fraction of sp³-hybridized carbons (Fsp3) is 0.286. The Morgan fingerprint density at radius 2 is 2.18 bits per heavy atom. The van der Waals surface area contributed by atoms with E-state index in [-0.39, 0.29) is 6.61 Å². The van der Waals surface area contributed by atoms with Crippen LogP contribution in [0.4, 0.5) is 5.69 Å². The maximum atomic E-state index is 11.9. The fourth-order valence-electron chi connectivity index (χ4n) is 1.71. The summed E-state index contributed by atoms with van der Waals surface area (Å²) in [5.41, 5.74) is 2.23. The number of carbonyl (C=O) groups is 2. The van der Waals surface area contributed by atoms with Gasteiger partial charge >= 0.3 is 5.97 Å². The summed E-state index contributed by atoms with van der Waals surface area (Å²) in [5.74, 6) is -0.973. The maximum Gasteiger partial charge on any atom is 0.352 e. The molecule has 8 heteroatoms. The first-order chi connectivity index (χ1) is 10.5. The van der Waals surface area contributed by atoms with Gasteiger partial charge in [-0.05, 0) is 48.6 Å². The van der Waals surface area contributed by atoms with Crippen LogP contribution in [0.2, 0.25) is 0 Å². The number of halogens is 1. The van der Waals surface area contributed by atoms with Gasteiger partial charge in [0.05, 0.1) is 5.69 Å². The van der Waals surface area contributed by atoms with Crippen LogP contribution in [0.15, 0.2) is 22.7 Å². The number of nitrogens with one attached hydrogen (secondary N) is 1. The third-order valence-electron chi connectivity index (χ3n) is 2.85. The molecule has 1 aromatic carbocycles. The number of nitrogens with zero attached hydrogens (tertiary/aromatic N) is 2. The predicted octanol–water partition coefficient (Wildman–Crippen LogP) is 2.97. The van der Waals surface area contributed by atoms with Crippen LogP contribution >= 0.6 is 27.5 Å². The standard InChI is InChI=1S/C14H14BrN3O3S/c1-3-11-13(22-18-17-11)14(20)21-7-12(19)16-9-4-5-10(15)8(2)6-9/h4-6H,3,7H2,1-2H3,(H,16,19). The average Bonchev–Trinajstić information content (AvgIpc) is 2.97. The largest absolute Gasteiger partial charge is 0.451 e. The summed E-state index contributed by atoms with van der Waals surface area (Å²) in [7, 11) is 0. The van der Waals surface area contributed by atoms with E-state index in [1.165, 1.54) is 0 Å². The van der Waals surface area contributed by atoms with E-state index in [0.717, 1.165) is 21.6 Å². The molecule has 2 aromatic rings. The van der Waals surface area contributed by atoms with Crippen LogP contribution in [-0.4, -0.2) is 28.1 Å². The van der Waals surface area contributed by atoms with Crippen LogP contribution in [0.3, 0.4) is 0 Å². The van der Waals surface area contributed by atoms with Gasteiger partial charge in [0.15, 0.2) is 11.5 Å². The van der Waals surface area contributed by atoms with Crippen molar-refractivity contribution in [2.75, 3.05) is 11.9 Å². The molecule has 0 saturated heterocycles. The second-order valence-corrected chi connectivity index (χ2v) is 6.10. The Kier molecular flexibility index (Phi) is 5.62. The summed E-state index contributed by atoms with van der Waals surface area (Å²) in [5, 5.41) is 6.51. The van der Waals surface area contributed by atoms with Gasteiger partial charge in [-0.3, -0.25) is 4.79 Å². The van der Waals surface area contributed by atoms with Crippen LogP contribution in [0, 0.1) is 6.92 Å². The first-order valence-electron chi connectivity index (χ1n) is 6.55. The SMILES string of the molecule is CCc1nnsc1C(=O)OCC(=O)Nc1ccc(Br)c(C)c1. The Balaban J connectivity index is 1.90. The van der Waals surface area contributed by atoms with Gasteiger partial charge in [0.25, 0.3) is 5.91 Å². The number of rotatable bonds is 5. The molecule has 0 radical (unpaired) electrons. The molecule has 6 nitrogen and oxygen atoms in total. The zero-order valence-corrected chi connectivity index (χ0v) is 14.5. The normalized spacial score (nSPS) is 10.3. The molecule has 0 bridgehead atoms. The maximum absolute atomic E-state index is 11.9. The van der Waals surface area contributed by atoms with Crippen molar-refractivity contribution in [1.82, 2.24) is 9.59 Å². The van der Waals surface area contributed by atoms with Crippen molar-refractivity contribution >= 4 is 45.0 Å². The van der Waals surface area contributed by atoms with Gasteiger partial charge in [-0.1, -0.05) is 27.3 Å². The van der Waals surface area contributed by atoms with Gasteiger partial charge in [0, 0.05) is 10.2 Å². The number of ether oxygens (including phenoxy) is 1. The van der Waals surface area contributed by atoms with Crippen molar-refractivity contribution in [2.45, 2.75) is 20.3 Å². The Labute approximate surface area is 140 Å². The number of hydrogen-bond acceptors (Lipinski definition) is 6. The number of aromatic nitrogens is 2. The average molecular weight is 384 g/mol. The zero-order chi connectivity index (χ0) is 16.1. The number of esters is 1. The zero-order valence-electron chi connectivity index (χ0n) is 12.1. The second-order valence-electron chi connectivity index (χ2n) is 4.49. The Bertz CT molecular complexity index is 702. The highest BCUT2D eigenvalue weighted by Gasteiger charge is 2.17. The Morgan fingerprint density at radius 3 is 2.86 bits per heavy atom. The lowest BCUT2D eigenvalue weighted by Crippen LogP contribution is -2.21. The third-order valence-corrected chi connectivity index (χ3v) is 4.49. The lowest BCUT2D eigenvalue weighted by molar-refractivity contribution is -0.119. The molecule has 1 amide bonds. The fourth-order valence-corrected chi connectivity index (χ4v) is 2.60. The highest BCUT2D eigenvalue weighted by molar-refractivity contribution is 9.10. The van der Waals surface area contributed by atoms with Gasteiger partial charge in [-0.15, -0.1) is 5.10 Å². The molecule has 0 spiro atoms. The summed E-state index contributed by atoms with van der Waals surface area (Å²) >= 11 is 4.36. The first-order valence-corrected chi connectivity index (χ1v) is 8.12. The van der Waals surface area contributed by atoms with Gasteiger partial charge < -0.3 is 10.1 Å². The molecule has 1 heterocycles. The van der Waals surface area contributed by atoms with Crippen LogP contribution in [0.25, 0.3) is 0 Å². The van der Waals surface area contributed by atoms with Crippen molar-refractivity contribution < 1.29 is 14.3 Å². The minimum absolute atomic E-state index is 0.342. The van der Waals surface area contributed by atoms with E-state index in [4.69, 9.17) is 4.74 Å². The van der Waals surface area contributed by atoms with Gasteiger partial charge in [-0.25, -0.2) is 4.79 Å². The van der Waals surface area contributed by atoms with E-state index in [1.807, 2.05) is 26.0 Å². The molecule has 1 N–H and O–H groups in total. The van der Waals surface area contributed by atoms with Crippen molar-refractivity contribution in [3.05, 3.63) is 38.8 Å². The topological polar surface area (TPSA) is 81.2 Å². The molecule has 0 saturated carbocycles. The van der Waals surface area contributed by atoms with E-state index in [0.29, 0.717) is 22.7 Å². The third kappa shape index (κ3) is 4.11. The van der Waals surface area contributed by atoms with Crippen molar-refractivity contribution in [3.63, 3.8) is 0 Å². The van der Waals surface area contributed by atoms with Crippen molar-refractivity contribution in [1.29, 1.82) is 0 Å². The molecule has 0 fully saturated rings. The van der Waals surface area contributed by atoms with E-state index in [1.54, 1.807) is 6.07 Å². The molecule has 0 atom stereocenters. The summed E-state index contributed by atoms with van der Waals surface area (Å²) < 4.78 is 9.66. The predicted molar refractivity (Wildman–Crippen MR) is 87.1 cm³/mol. The van der Waals surface area contributed by atoms with E-state index in [2.05, 4.69) is 30.8 Å². The summed E-state index contributed by atoms with van der Waals surface area (Å²) in [6.45, 7) is 3.44. The molecule has 116 valence electrons. The van der Waals surface area contributed by atoms with Crippen LogP contribution in [-0.2, 0) is 16.0 Å². The minimum atomic E-state index is -0.575. The van der Waals surface area contributed by atoms with Crippen molar-refractivity contribution in [3.8, 4) is 0 Å². The molecule has 22 heavy (non-hydrogen) atoms. The molecule has 0 aliphatic heterocycles.